The van der Waals surface area contributed by atoms with Crippen LogP contribution in [0.3, 0.4) is 0 Å². The van der Waals surface area contributed by atoms with Gasteiger partial charge in [0.05, 0.1) is 17.1 Å². The summed E-state index contributed by atoms with van der Waals surface area (Å²) >= 11 is 0. The fourth-order valence-electron chi connectivity index (χ4n) is 2.00. The van der Waals surface area contributed by atoms with Gasteiger partial charge in [0.15, 0.2) is 0 Å². The molecule has 2 heterocycles. The number of aromatic nitrogens is 2. The molecule has 0 radical (unpaired) electrons. The van der Waals surface area contributed by atoms with E-state index in [2.05, 4.69) is 15.3 Å². The first kappa shape index (κ1) is 12.5. The first-order valence-electron chi connectivity index (χ1n) is 6.44. The molecule has 0 unspecified atom stereocenters. The van der Waals surface area contributed by atoms with E-state index in [0.717, 1.165) is 11.0 Å². The third-order valence-corrected chi connectivity index (χ3v) is 3.04. The number of aromatic amines is 1. The Morgan fingerprint density at radius 3 is 3.00 bits per heavy atom. The molecule has 0 saturated carbocycles. The molecule has 1 atom stereocenters. The Kier molecular flexibility index (Phi) is 3.28. The topological polar surface area (TPSA) is 76.2 Å². The number of hydrogen-bond acceptors (Lipinski definition) is 4. The number of ether oxygens (including phenoxy) is 2. The molecule has 0 bridgehead atoms. The van der Waals surface area contributed by atoms with Gasteiger partial charge in [-0.2, -0.15) is 0 Å². The molecule has 0 fully saturated rings. The van der Waals surface area contributed by atoms with Gasteiger partial charge in [0.2, 0.25) is 5.76 Å². The second-order valence-corrected chi connectivity index (χ2v) is 4.54. The Morgan fingerprint density at radius 2 is 2.25 bits per heavy atom. The summed E-state index contributed by atoms with van der Waals surface area (Å²) in [5.41, 5.74) is 1.82. The van der Waals surface area contributed by atoms with E-state index in [1.807, 2.05) is 31.2 Å². The van der Waals surface area contributed by atoms with Crippen molar-refractivity contribution in [2.45, 2.75) is 13.0 Å². The number of imidazole rings is 1. The average Bonchev–Trinajstić information content (AvgIpc) is 2.92. The highest BCUT2D eigenvalue weighted by atomic mass is 16.6. The highest BCUT2D eigenvalue weighted by Crippen LogP contribution is 2.16. The number of carbonyl (C=O) groups excluding carboxylic acids is 1. The van der Waals surface area contributed by atoms with Crippen LogP contribution in [0.15, 0.2) is 36.3 Å². The number of para-hydroxylation sites is 2. The molecule has 20 heavy (non-hydrogen) atoms. The lowest BCUT2D eigenvalue weighted by atomic mass is 10.3. The van der Waals surface area contributed by atoms with Crippen molar-refractivity contribution in [1.82, 2.24) is 15.3 Å². The van der Waals surface area contributed by atoms with Crippen molar-refractivity contribution in [1.29, 1.82) is 0 Å². The maximum atomic E-state index is 12.0. The zero-order chi connectivity index (χ0) is 13.9. The van der Waals surface area contributed by atoms with Gasteiger partial charge in [0, 0.05) is 0 Å². The summed E-state index contributed by atoms with van der Waals surface area (Å²) in [4.78, 5) is 19.6. The first-order chi connectivity index (χ1) is 9.74. The molecule has 1 amide bonds. The summed E-state index contributed by atoms with van der Waals surface area (Å²) in [5, 5.41) is 2.82. The molecule has 104 valence electrons. The van der Waals surface area contributed by atoms with E-state index in [1.54, 1.807) is 0 Å². The van der Waals surface area contributed by atoms with Crippen molar-refractivity contribution in [3.63, 3.8) is 0 Å². The maximum Gasteiger partial charge on any atom is 0.290 e. The third-order valence-electron chi connectivity index (χ3n) is 3.04. The second-order valence-electron chi connectivity index (χ2n) is 4.54. The second kappa shape index (κ2) is 5.24. The molecule has 2 aromatic rings. The molecule has 3 rings (SSSR count). The van der Waals surface area contributed by atoms with E-state index in [9.17, 15) is 4.79 Å². The molecule has 0 saturated heterocycles. The number of fused-ring (bicyclic) bond motifs is 1. The zero-order valence-corrected chi connectivity index (χ0v) is 11.1. The van der Waals surface area contributed by atoms with Crippen LogP contribution in [0.25, 0.3) is 11.0 Å². The lowest BCUT2D eigenvalue weighted by Gasteiger charge is -2.17. The minimum atomic E-state index is -0.308. The van der Waals surface area contributed by atoms with Crippen LogP contribution in [0.5, 0.6) is 0 Å². The molecule has 6 heteroatoms. The van der Waals surface area contributed by atoms with Crippen LogP contribution in [0.4, 0.5) is 0 Å². The minimum Gasteiger partial charge on any atom is -0.494 e. The molecular weight excluding hydrogens is 258 g/mol. The van der Waals surface area contributed by atoms with Crippen molar-refractivity contribution in [3.8, 4) is 0 Å². The fourth-order valence-corrected chi connectivity index (χ4v) is 2.00. The van der Waals surface area contributed by atoms with Crippen molar-refractivity contribution < 1.29 is 14.3 Å². The molecule has 6 nitrogen and oxygen atoms in total. The molecule has 2 N–H and O–H groups in total. The van der Waals surface area contributed by atoms with Gasteiger partial charge in [-0.05, 0) is 19.1 Å². The number of H-pyrrole nitrogens is 1. The van der Waals surface area contributed by atoms with Crippen LogP contribution in [0.2, 0.25) is 0 Å². The SMILES string of the molecule is C[C@H](NC(=O)C1=COCCO1)c1nc2ccccc2[nH]1. The summed E-state index contributed by atoms with van der Waals surface area (Å²) in [6.07, 6.45) is 1.34. The van der Waals surface area contributed by atoms with Crippen LogP contribution in [-0.2, 0) is 14.3 Å². The highest BCUT2D eigenvalue weighted by Gasteiger charge is 2.19. The van der Waals surface area contributed by atoms with Crippen molar-refractivity contribution in [2.24, 2.45) is 0 Å². The van der Waals surface area contributed by atoms with E-state index >= 15 is 0 Å². The van der Waals surface area contributed by atoms with Crippen molar-refractivity contribution in [2.75, 3.05) is 13.2 Å². The van der Waals surface area contributed by atoms with Crippen LogP contribution in [0, 0.1) is 0 Å². The standard InChI is InChI=1S/C14H15N3O3/c1-9(15-14(18)12-8-19-6-7-20-12)13-16-10-4-2-3-5-11(10)17-13/h2-5,8-9H,6-7H2,1H3,(H,15,18)(H,16,17)/t9-/m0/s1. The molecule has 1 aromatic heterocycles. The number of amides is 1. The fraction of sp³-hybridized carbons (Fsp3) is 0.286. The molecule has 0 aliphatic carbocycles. The zero-order valence-electron chi connectivity index (χ0n) is 11.1. The Hall–Kier alpha value is -2.50. The van der Waals surface area contributed by atoms with Gasteiger partial charge in [-0.3, -0.25) is 4.79 Å². The maximum absolute atomic E-state index is 12.0. The summed E-state index contributed by atoms with van der Waals surface area (Å²) in [6, 6.07) is 7.48. The Bertz CT molecular complexity index is 629. The predicted molar refractivity (Wildman–Crippen MR) is 72.6 cm³/mol. The van der Waals surface area contributed by atoms with Crippen LogP contribution in [-0.4, -0.2) is 29.1 Å². The molecule has 1 aliphatic heterocycles. The van der Waals surface area contributed by atoms with Gasteiger partial charge in [0.25, 0.3) is 5.91 Å². The average molecular weight is 273 g/mol. The van der Waals surface area contributed by atoms with Gasteiger partial charge in [0.1, 0.15) is 25.3 Å². The lowest BCUT2D eigenvalue weighted by molar-refractivity contribution is -0.122. The smallest absolute Gasteiger partial charge is 0.290 e. The number of nitrogens with zero attached hydrogens (tertiary/aromatic N) is 1. The molecule has 1 aromatic carbocycles. The Labute approximate surface area is 115 Å². The summed E-state index contributed by atoms with van der Waals surface area (Å²) in [5.74, 6) is 0.591. The van der Waals surface area contributed by atoms with Crippen molar-refractivity contribution in [3.05, 3.63) is 42.1 Å². The lowest BCUT2D eigenvalue weighted by Crippen LogP contribution is -2.31. The number of benzene rings is 1. The van der Waals surface area contributed by atoms with Crippen molar-refractivity contribution >= 4 is 16.9 Å². The van der Waals surface area contributed by atoms with Gasteiger partial charge < -0.3 is 19.8 Å². The third kappa shape index (κ3) is 2.45. The number of carbonyl (C=O) groups is 1. The molecule has 0 spiro atoms. The van der Waals surface area contributed by atoms with Crippen LogP contribution < -0.4 is 5.32 Å². The highest BCUT2D eigenvalue weighted by molar-refractivity contribution is 5.91. The minimum absolute atomic E-state index is 0.194. The quantitative estimate of drug-likeness (QED) is 0.891. The van der Waals surface area contributed by atoms with Gasteiger partial charge in [-0.25, -0.2) is 4.98 Å². The summed E-state index contributed by atoms with van der Waals surface area (Å²) in [6.45, 7) is 2.72. The normalized spacial score (nSPS) is 15.9. The van der Waals surface area contributed by atoms with Gasteiger partial charge >= 0.3 is 0 Å². The summed E-state index contributed by atoms with van der Waals surface area (Å²) < 4.78 is 10.3. The van der Waals surface area contributed by atoms with Gasteiger partial charge in [-0.1, -0.05) is 12.1 Å². The number of hydrogen-bond donors (Lipinski definition) is 2. The predicted octanol–water partition coefficient (Wildman–Crippen LogP) is 1.63. The Morgan fingerprint density at radius 1 is 1.40 bits per heavy atom. The first-order valence-corrected chi connectivity index (χ1v) is 6.44. The monoisotopic (exact) mass is 273 g/mol. The molecule has 1 aliphatic rings. The van der Waals surface area contributed by atoms with Crippen LogP contribution >= 0.6 is 0 Å². The van der Waals surface area contributed by atoms with E-state index in [-0.39, 0.29) is 17.7 Å². The summed E-state index contributed by atoms with van der Waals surface area (Å²) in [7, 11) is 0. The van der Waals surface area contributed by atoms with Gasteiger partial charge in [-0.15, -0.1) is 0 Å². The van der Waals surface area contributed by atoms with Crippen LogP contribution in [0.1, 0.15) is 18.8 Å². The number of nitrogens with one attached hydrogen (secondary N) is 2. The van der Waals surface area contributed by atoms with E-state index in [4.69, 9.17) is 9.47 Å². The largest absolute Gasteiger partial charge is 0.494 e. The van der Waals surface area contributed by atoms with E-state index < -0.39 is 0 Å². The van der Waals surface area contributed by atoms with E-state index in [0.29, 0.717) is 19.0 Å². The number of rotatable bonds is 3. The Balaban J connectivity index is 1.73. The molecular formula is C14H15N3O3. The van der Waals surface area contributed by atoms with E-state index in [1.165, 1.54) is 6.26 Å².